The molecule has 5 heteroatoms. The van der Waals surface area contributed by atoms with Crippen LogP contribution in [0.3, 0.4) is 0 Å². The van der Waals surface area contributed by atoms with Crippen LogP contribution in [0.4, 0.5) is 4.79 Å². The van der Waals surface area contributed by atoms with Gasteiger partial charge < -0.3 is 14.6 Å². The van der Waals surface area contributed by atoms with Crippen molar-refractivity contribution in [2.45, 2.75) is 58.1 Å². The number of alkyl carbamates (subject to hydrolysis) is 1. The second-order valence-corrected chi connectivity index (χ2v) is 6.25. The third kappa shape index (κ3) is 4.26. The second-order valence-electron chi connectivity index (χ2n) is 6.25. The Morgan fingerprint density at radius 3 is 2.84 bits per heavy atom. The highest BCUT2D eigenvalue weighted by molar-refractivity contribution is 5.67. The summed E-state index contributed by atoms with van der Waals surface area (Å²) >= 11 is 0. The van der Waals surface area contributed by atoms with E-state index < -0.39 is 5.60 Å². The molecule has 19 heavy (non-hydrogen) atoms. The topological polar surface area (TPSA) is 56.1 Å². The SMILES string of the molecule is CC(CNC(=O)OC(C)(C)C)n1cnc(C2CC2)c1. The van der Waals surface area contributed by atoms with Gasteiger partial charge in [-0.05, 0) is 40.5 Å². The quantitative estimate of drug-likeness (QED) is 0.910. The lowest BCUT2D eigenvalue weighted by Crippen LogP contribution is -2.35. The van der Waals surface area contributed by atoms with E-state index in [0.29, 0.717) is 12.5 Å². The molecule has 1 aliphatic rings. The van der Waals surface area contributed by atoms with Crippen molar-refractivity contribution < 1.29 is 9.53 Å². The third-order valence-electron chi connectivity index (χ3n) is 3.07. The van der Waals surface area contributed by atoms with Crippen LogP contribution in [0.15, 0.2) is 12.5 Å². The Morgan fingerprint density at radius 2 is 2.26 bits per heavy atom. The van der Waals surface area contributed by atoms with Crippen LogP contribution in [0.1, 0.15) is 58.2 Å². The van der Waals surface area contributed by atoms with Crippen molar-refractivity contribution in [3.63, 3.8) is 0 Å². The molecule has 106 valence electrons. The van der Waals surface area contributed by atoms with Gasteiger partial charge in [-0.2, -0.15) is 0 Å². The minimum absolute atomic E-state index is 0.174. The van der Waals surface area contributed by atoms with Gasteiger partial charge in [0.25, 0.3) is 0 Å². The van der Waals surface area contributed by atoms with Gasteiger partial charge in [0, 0.05) is 24.7 Å². The summed E-state index contributed by atoms with van der Waals surface area (Å²) in [5.41, 5.74) is 0.714. The summed E-state index contributed by atoms with van der Waals surface area (Å²) in [5, 5.41) is 2.78. The van der Waals surface area contributed by atoms with Gasteiger partial charge in [0.2, 0.25) is 0 Å². The molecule has 1 aliphatic carbocycles. The maximum absolute atomic E-state index is 11.6. The average molecular weight is 265 g/mol. The van der Waals surface area contributed by atoms with Gasteiger partial charge in [0.1, 0.15) is 5.60 Å². The van der Waals surface area contributed by atoms with Gasteiger partial charge >= 0.3 is 6.09 Å². The smallest absolute Gasteiger partial charge is 0.407 e. The number of hydrogen-bond donors (Lipinski definition) is 1. The number of nitrogens with zero attached hydrogens (tertiary/aromatic N) is 2. The Hall–Kier alpha value is -1.52. The zero-order valence-corrected chi connectivity index (χ0v) is 12.1. The first-order valence-corrected chi connectivity index (χ1v) is 6.85. The van der Waals surface area contributed by atoms with E-state index in [1.807, 2.05) is 31.7 Å². The number of nitrogens with one attached hydrogen (secondary N) is 1. The van der Waals surface area contributed by atoms with E-state index >= 15 is 0 Å². The molecular formula is C14H23N3O2. The monoisotopic (exact) mass is 265 g/mol. The van der Waals surface area contributed by atoms with Crippen molar-refractivity contribution in [1.82, 2.24) is 14.9 Å². The van der Waals surface area contributed by atoms with E-state index in [2.05, 4.69) is 23.4 Å². The molecule has 1 aromatic rings. The largest absolute Gasteiger partial charge is 0.444 e. The number of imidazole rings is 1. The molecule has 0 aliphatic heterocycles. The molecule has 1 heterocycles. The normalized spacial score (nSPS) is 17.1. The van der Waals surface area contributed by atoms with Gasteiger partial charge in [0.05, 0.1) is 12.0 Å². The maximum Gasteiger partial charge on any atom is 0.407 e. The van der Waals surface area contributed by atoms with Gasteiger partial charge in [-0.1, -0.05) is 0 Å². The van der Waals surface area contributed by atoms with Crippen LogP contribution in [0.2, 0.25) is 0 Å². The van der Waals surface area contributed by atoms with Gasteiger partial charge in [-0.15, -0.1) is 0 Å². The summed E-state index contributed by atoms with van der Waals surface area (Å²) in [6.45, 7) is 8.15. The van der Waals surface area contributed by atoms with Crippen molar-refractivity contribution >= 4 is 6.09 Å². The maximum atomic E-state index is 11.6. The molecule has 0 radical (unpaired) electrons. The molecule has 1 N–H and O–H groups in total. The molecule has 1 saturated carbocycles. The number of carbonyl (C=O) groups is 1. The van der Waals surface area contributed by atoms with Crippen LogP contribution >= 0.6 is 0 Å². The van der Waals surface area contributed by atoms with E-state index in [-0.39, 0.29) is 12.1 Å². The minimum atomic E-state index is -0.457. The van der Waals surface area contributed by atoms with E-state index in [0.717, 1.165) is 0 Å². The van der Waals surface area contributed by atoms with Crippen molar-refractivity contribution in [3.8, 4) is 0 Å². The van der Waals surface area contributed by atoms with E-state index in [1.165, 1.54) is 18.5 Å². The fourth-order valence-electron chi connectivity index (χ4n) is 1.83. The number of ether oxygens (including phenoxy) is 1. The Kier molecular flexibility index (Phi) is 3.83. The number of hydrogen-bond acceptors (Lipinski definition) is 3. The van der Waals surface area contributed by atoms with Gasteiger partial charge in [-0.25, -0.2) is 9.78 Å². The molecule has 1 unspecified atom stereocenters. The molecular weight excluding hydrogens is 242 g/mol. The van der Waals surface area contributed by atoms with Crippen LogP contribution < -0.4 is 5.32 Å². The zero-order chi connectivity index (χ0) is 14.0. The fourth-order valence-corrected chi connectivity index (χ4v) is 1.83. The summed E-state index contributed by atoms with van der Waals surface area (Å²) < 4.78 is 7.25. The number of amides is 1. The summed E-state index contributed by atoms with van der Waals surface area (Å²) in [6, 6.07) is 0.174. The second kappa shape index (κ2) is 5.23. The molecule has 0 spiro atoms. The molecule has 0 saturated heterocycles. The van der Waals surface area contributed by atoms with E-state index in [9.17, 15) is 4.79 Å². The van der Waals surface area contributed by atoms with Gasteiger partial charge in [0.15, 0.2) is 0 Å². The predicted molar refractivity (Wildman–Crippen MR) is 73.1 cm³/mol. The van der Waals surface area contributed by atoms with Crippen molar-refractivity contribution in [1.29, 1.82) is 0 Å². The van der Waals surface area contributed by atoms with Crippen molar-refractivity contribution in [2.24, 2.45) is 0 Å². The zero-order valence-electron chi connectivity index (χ0n) is 12.1. The van der Waals surface area contributed by atoms with Gasteiger partial charge in [-0.3, -0.25) is 0 Å². The minimum Gasteiger partial charge on any atom is -0.444 e. The number of carbonyl (C=O) groups excluding carboxylic acids is 1. The average Bonchev–Trinajstić information content (AvgIpc) is 3.02. The third-order valence-corrected chi connectivity index (χ3v) is 3.07. The first-order chi connectivity index (χ1) is 8.85. The van der Waals surface area contributed by atoms with E-state index in [4.69, 9.17) is 4.74 Å². The predicted octanol–water partition coefficient (Wildman–Crippen LogP) is 2.85. The lowest BCUT2D eigenvalue weighted by molar-refractivity contribution is 0.0521. The molecule has 1 amide bonds. The Labute approximate surface area is 114 Å². The molecule has 1 atom stereocenters. The Morgan fingerprint density at radius 1 is 1.58 bits per heavy atom. The van der Waals surface area contributed by atoms with Crippen LogP contribution in [-0.4, -0.2) is 27.8 Å². The highest BCUT2D eigenvalue weighted by Crippen LogP contribution is 2.39. The summed E-state index contributed by atoms with van der Waals surface area (Å²) in [4.78, 5) is 16.0. The molecule has 0 bridgehead atoms. The first kappa shape index (κ1) is 13.9. The fraction of sp³-hybridized carbons (Fsp3) is 0.714. The van der Waals surface area contributed by atoms with Crippen LogP contribution in [0.25, 0.3) is 0 Å². The lowest BCUT2D eigenvalue weighted by atomic mass is 10.2. The molecule has 2 rings (SSSR count). The molecule has 5 nitrogen and oxygen atoms in total. The summed E-state index contributed by atoms with van der Waals surface area (Å²) in [5.74, 6) is 0.660. The number of aromatic nitrogens is 2. The highest BCUT2D eigenvalue weighted by atomic mass is 16.6. The summed E-state index contributed by atoms with van der Waals surface area (Å²) in [7, 11) is 0. The number of rotatable bonds is 4. The first-order valence-electron chi connectivity index (χ1n) is 6.85. The van der Waals surface area contributed by atoms with Crippen molar-refractivity contribution in [3.05, 3.63) is 18.2 Å². The highest BCUT2D eigenvalue weighted by Gasteiger charge is 2.26. The lowest BCUT2D eigenvalue weighted by Gasteiger charge is -2.21. The molecule has 1 fully saturated rings. The Bertz CT molecular complexity index is 444. The molecule has 1 aromatic heterocycles. The standard InChI is InChI=1S/C14H23N3O2/c1-10(7-15-13(18)19-14(2,3)4)17-8-12(16-9-17)11-5-6-11/h8-11H,5-7H2,1-4H3,(H,15,18). The van der Waals surface area contributed by atoms with Crippen LogP contribution in [-0.2, 0) is 4.74 Å². The molecule has 0 aromatic carbocycles. The Balaban J connectivity index is 1.79. The van der Waals surface area contributed by atoms with Crippen LogP contribution in [0.5, 0.6) is 0 Å². The summed E-state index contributed by atoms with van der Waals surface area (Å²) in [6.07, 6.45) is 6.05. The van der Waals surface area contributed by atoms with Crippen LogP contribution in [0, 0.1) is 0 Å². The van der Waals surface area contributed by atoms with Crippen molar-refractivity contribution in [2.75, 3.05) is 6.54 Å². The van der Waals surface area contributed by atoms with E-state index in [1.54, 1.807) is 0 Å².